The number of hydrogen-bond acceptors (Lipinski definition) is 2. The first-order chi connectivity index (χ1) is 11.8. The van der Waals surface area contributed by atoms with E-state index in [4.69, 9.17) is 16.7 Å². The molecule has 0 amide bonds. The summed E-state index contributed by atoms with van der Waals surface area (Å²) in [7, 11) is 0. The maximum Gasteiger partial charge on any atom is 0.0959 e. The van der Waals surface area contributed by atoms with Gasteiger partial charge in [0.15, 0.2) is 0 Å². The Morgan fingerprint density at radius 1 is 1.00 bits per heavy atom. The molecule has 1 aliphatic rings. The SMILES string of the molecule is Clc1cccc(-c2nn(Cc3ccccc3)c3c2CCNCC3)c1. The van der Waals surface area contributed by atoms with Crippen LogP contribution in [0.25, 0.3) is 11.3 Å². The van der Waals surface area contributed by atoms with Gasteiger partial charge in [-0.05, 0) is 30.7 Å². The van der Waals surface area contributed by atoms with E-state index in [2.05, 4.69) is 46.4 Å². The highest BCUT2D eigenvalue weighted by molar-refractivity contribution is 6.30. The third kappa shape index (κ3) is 3.10. The van der Waals surface area contributed by atoms with Crippen LogP contribution in [0.15, 0.2) is 54.6 Å². The molecule has 0 fully saturated rings. The van der Waals surface area contributed by atoms with Crippen LogP contribution in [0.3, 0.4) is 0 Å². The van der Waals surface area contributed by atoms with Crippen molar-refractivity contribution in [3.63, 3.8) is 0 Å². The third-order valence-corrected chi connectivity index (χ3v) is 4.77. The highest BCUT2D eigenvalue weighted by Crippen LogP contribution is 2.29. The predicted octanol–water partition coefficient (Wildman–Crippen LogP) is 3.94. The Balaban J connectivity index is 1.80. The molecule has 3 aromatic rings. The van der Waals surface area contributed by atoms with E-state index < -0.39 is 0 Å². The number of nitrogens with one attached hydrogen (secondary N) is 1. The van der Waals surface area contributed by atoms with Gasteiger partial charge >= 0.3 is 0 Å². The fourth-order valence-electron chi connectivity index (χ4n) is 3.38. The molecule has 0 saturated heterocycles. The van der Waals surface area contributed by atoms with Crippen LogP contribution in [0.2, 0.25) is 5.02 Å². The second kappa shape index (κ2) is 6.80. The Morgan fingerprint density at radius 2 is 1.83 bits per heavy atom. The van der Waals surface area contributed by atoms with Gasteiger partial charge in [-0.2, -0.15) is 5.10 Å². The normalized spacial score (nSPS) is 14.2. The van der Waals surface area contributed by atoms with Crippen molar-refractivity contribution in [1.82, 2.24) is 15.1 Å². The number of halogens is 1. The van der Waals surface area contributed by atoms with E-state index in [1.807, 2.05) is 18.2 Å². The molecule has 3 nitrogen and oxygen atoms in total. The van der Waals surface area contributed by atoms with Gasteiger partial charge in [0.1, 0.15) is 0 Å². The van der Waals surface area contributed by atoms with Crippen molar-refractivity contribution >= 4 is 11.6 Å². The average Bonchev–Trinajstić information content (AvgIpc) is 2.78. The maximum absolute atomic E-state index is 6.20. The Kier molecular flexibility index (Phi) is 4.37. The molecule has 4 heteroatoms. The summed E-state index contributed by atoms with van der Waals surface area (Å²) in [6.45, 7) is 2.81. The van der Waals surface area contributed by atoms with Crippen LogP contribution in [-0.4, -0.2) is 22.9 Å². The zero-order valence-electron chi connectivity index (χ0n) is 13.5. The highest BCUT2D eigenvalue weighted by atomic mass is 35.5. The molecule has 1 aromatic heterocycles. The fourth-order valence-corrected chi connectivity index (χ4v) is 3.57. The van der Waals surface area contributed by atoms with Crippen molar-refractivity contribution in [2.24, 2.45) is 0 Å². The van der Waals surface area contributed by atoms with Crippen LogP contribution >= 0.6 is 11.6 Å². The number of benzene rings is 2. The predicted molar refractivity (Wildman–Crippen MR) is 98.5 cm³/mol. The van der Waals surface area contributed by atoms with Crippen molar-refractivity contribution in [2.75, 3.05) is 13.1 Å². The van der Waals surface area contributed by atoms with Crippen molar-refractivity contribution in [3.05, 3.63) is 76.4 Å². The van der Waals surface area contributed by atoms with Gasteiger partial charge in [0.25, 0.3) is 0 Å². The Hall–Kier alpha value is -2.10. The Bertz CT molecular complexity index is 839. The summed E-state index contributed by atoms with van der Waals surface area (Å²) in [6, 6.07) is 18.5. The van der Waals surface area contributed by atoms with Gasteiger partial charge in [0.2, 0.25) is 0 Å². The second-order valence-electron chi connectivity index (χ2n) is 6.18. The van der Waals surface area contributed by atoms with Crippen LogP contribution in [0, 0.1) is 0 Å². The number of hydrogen-bond donors (Lipinski definition) is 1. The molecule has 24 heavy (non-hydrogen) atoms. The average molecular weight is 338 g/mol. The van der Waals surface area contributed by atoms with E-state index in [0.717, 1.165) is 48.8 Å². The van der Waals surface area contributed by atoms with Crippen molar-refractivity contribution in [1.29, 1.82) is 0 Å². The molecule has 0 bridgehead atoms. The van der Waals surface area contributed by atoms with E-state index in [9.17, 15) is 0 Å². The van der Waals surface area contributed by atoms with Crippen LogP contribution in [0.4, 0.5) is 0 Å². The first-order valence-corrected chi connectivity index (χ1v) is 8.78. The molecule has 0 unspecified atom stereocenters. The highest BCUT2D eigenvalue weighted by Gasteiger charge is 2.20. The van der Waals surface area contributed by atoms with Crippen LogP contribution in [0.5, 0.6) is 0 Å². The molecular formula is C20H20ClN3. The summed E-state index contributed by atoms with van der Waals surface area (Å²) in [4.78, 5) is 0. The smallest absolute Gasteiger partial charge is 0.0959 e. The quantitative estimate of drug-likeness (QED) is 0.784. The lowest BCUT2D eigenvalue weighted by atomic mass is 10.0. The van der Waals surface area contributed by atoms with E-state index in [1.54, 1.807) is 0 Å². The molecule has 0 atom stereocenters. The fraction of sp³-hybridized carbons (Fsp3) is 0.250. The van der Waals surface area contributed by atoms with Gasteiger partial charge in [-0.1, -0.05) is 54.1 Å². The lowest BCUT2D eigenvalue weighted by Gasteiger charge is -2.07. The third-order valence-electron chi connectivity index (χ3n) is 4.53. The molecule has 0 saturated carbocycles. The molecular weight excluding hydrogens is 318 g/mol. The van der Waals surface area contributed by atoms with Gasteiger partial charge in [0.05, 0.1) is 12.2 Å². The summed E-state index contributed by atoms with van der Waals surface area (Å²) in [5.74, 6) is 0. The van der Waals surface area contributed by atoms with Gasteiger partial charge < -0.3 is 5.32 Å². The summed E-state index contributed by atoms with van der Waals surface area (Å²) < 4.78 is 2.17. The Labute approximate surface area is 147 Å². The van der Waals surface area contributed by atoms with E-state index in [-0.39, 0.29) is 0 Å². The number of rotatable bonds is 3. The lowest BCUT2D eigenvalue weighted by Crippen LogP contribution is -2.17. The van der Waals surface area contributed by atoms with E-state index in [0.29, 0.717) is 0 Å². The molecule has 4 rings (SSSR count). The van der Waals surface area contributed by atoms with Crippen molar-refractivity contribution < 1.29 is 0 Å². The minimum absolute atomic E-state index is 0.755. The Morgan fingerprint density at radius 3 is 2.67 bits per heavy atom. The van der Waals surface area contributed by atoms with E-state index in [1.165, 1.54) is 16.8 Å². The first-order valence-electron chi connectivity index (χ1n) is 8.40. The first kappa shape index (κ1) is 15.4. The van der Waals surface area contributed by atoms with Crippen molar-refractivity contribution in [3.8, 4) is 11.3 Å². The summed E-state index contributed by atoms with van der Waals surface area (Å²) >= 11 is 6.20. The topological polar surface area (TPSA) is 29.9 Å². The molecule has 2 heterocycles. The number of aromatic nitrogens is 2. The lowest BCUT2D eigenvalue weighted by molar-refractivity contribution is 0.628. The van der Waals surface area contributed by atoms with Gasteiger partial charge in [-0.15, -0.1) is 0 Å². The van der Waals surface area contributed by atoms with Gasteiger partial charge in [-0.3, -0.25) is 4.68 Å². The van der Waals surface area contributed by atoms with Crippen molar-refractivity contribution in [2.45, 2.75) is 19.4 Å². The summed E-state index contributed by atoms with van der Waals surface area (Å²) in [6.07, 6.45) is 2.02. The monoisotopic (exact) mass is 337 g/mol. The second-order valence-corrected chi connectivity index (χ2v) is 6.61. The van der Waals surface area contributed by atoms with Gasteiger partial charge in [-0.25, -0.2) is 0 Å². The number of fused-ring (bicyclic) bond motifs is 1. The van der Waals surface area contributed by atoms with Crippen LogP contribution < -0.4 is 5.32 Å². The molecule has 1 N–H and O–H groups in total. The zero-order chi connectivity index (χ0) is 16.4. The zero-order valence-corrected chi connectivity index (χ0v) is 14.3. The molecule has 1 aliphatic heterocycles. The summed E-state index contributed by atoms with van der Waals surface area (Å²) in [5, 5.41) is 9.22. The minimum Gasteiger partial charge on any atom is -0.316 e. The molecule has 0 spiro atoms. The largest absolute Gasteiger partial charge is 0.316 e. The van der Waals surface area contributed by atoms with Crippen LogP contribution in [0.1, 0.15) is 16.8 Å². The molecule has 122 valence electrons. The standard InChI is InChI=1S/C20H20ClN3/c21-17-8-4-7-16(13-17)20-18-9-11-22-12-10-19(18)24(23-20)14-15-5-2-1-3-6-15/h1-8,13,22H,9-12,14H2. The molecule has 0 radical (unpaired) electrons. The van der Waals surface area contributed by atoms with Gasteiger partial charge in [0, 0.05) is 34.8 Å². The number of nitrogens with zero attached hydrogens (tertiary/aromatic N) is 2. The van der Waals surface area contributed by atoms with E-state index >= 15 is 0 Å². The maximum atomic E-state index is 6.20. The van der Waals surface area contributed by atoms with Crippen LogP contribution in [-0.2, 0) is 19.4 Å². The molecule has 0 aliphatic carbocycles. The molecule has 2 aromatic carbocycles. The minimum atomic E-state index is 0.755. The summed E-state index contributed by atoms with van der Waals surface area (Å²) in [5.41, 5.74) is 6.16.